The third-order valence-electron chi connectivity index (χ3n) is 6.26. The number of carboxylic acid groups (broad SMARTS) is 1. The number of piperidine rings is 1. The molecular weight excluding hydrogens is 422 g/mol. The second kappa shape index (κ2) is 10.6. The van der Waals surface area contributed by atoms with Crippen molar-refractivity contribution in [3.05, 3.63) is 53.1 Å². The van der Waals surface area contributed by atoms with Gasteiger partial charge in [-0.2, -0.15) is 0 Å². The number of methoxy groups -OCH3 is 3. The van der Waals surface area contributed by atoms with Crippen molar-refractivity contribution in [2.45, 2.75) is 32.6 Å². The summed E-state index contributed by atoms with van der Waals surface area (Å²) in [6, 6.07) is 10.2. The molecule has 3 atom stereocenters. The van der Waals surface area contributed by atoms with Gasteiger partial charge >= 0.3 is 5.97 Å². The van der Waals surface area contributed by atoms with Gasteiger partial charge in [0, 0.05) is 43.1 Å². The average Bonchev–Trinajstić information content (AvgIpc) is 2.81. The van der Waals surface area contributed by atoms with Gasteiger partial charge in [-0.05, 0) is 36.0 Å². The number of ether oxygens (including phenoxy) is 3. The molecule has 0 saturated carbocycles. The van der Waals surface area contributed by atoms with E-state index in [2.05, 4.69) is 13.8 Å². The van der Waals surface area contributed by atoms with Crippen LogP contribution in [-0.2, 0) is 4.79 Å². The zero-order valence-electron chi connectivity index (χ0n) is 20.0. The van der Waals surface area contributed by atoms with Crippen molar-refractivity contribution < 1.29 is 28.9 Å². The van der Waals surface area contributed by atoms with Crippen molar-refractivity contribution in [1.82, 2.24) is 4.90 Å². The van der Waals surface area contributed by atoms with Crippen LogP contribution in [0.25, 0.3) is 0 Å². The minimum Gasteiger partial charge on any atom is -0.496 e. The largest absolute Gasteiger partial charge is 0.496 e. The summed E-state index contributed by atoms with van der Waals surface area (Å²) in [6.45, 7) is 5.83. The Morgan fingerprint density at radius 1 is 0.970 bits per heavy atom. The van der Waals surface area contributed by atoms with Crippen molar-refractivity contribution in [3.63, 3.8) is 0 Å². The third kappa shape index (κ3) is 5.59. The van der Waals surface area contributed by atoms with Gasteiger partial charge in [0.15, 0.2) is 0 Å². The molecule has 0 radical (unpaired) electrons. The number of amides is 1. The van der Waals surface area contributed by atoms with Crippen LogP contribution in [0.3, 0.4) is 0 Å². The van der Waals surface area contributed by atoms with Gasteiger partial charge in [0.25, 0.3) is 0 Å². The fourth-order valence-corrected chi connectivity index (χ4v) is 4.79. The van der Waals surface area contributed by atoms with E-state index < -0.39 is 5.97 Å². The van der Waals surface area contributed by atoms with Crippen LogP contribution in [-0.4, -0.2) is 56.3 Å². The number of nitrogens with zero attached hydrogens (tertiary/aromatic N) is 1. The molecule has 1 aliphatic heterocycles. The smallest absolute Gasteiger partial charge is 0.335 e. The van der Waals surface area contributed by atoms with E-state index >= 15 is 0 Å². The van der Waals surface area contributed by atoms with E-state index in [0.29, 0.717) is 29.1 Å². The molecule has 178 valence electrons. The first-order chi connectivity index (χ1) is 15.8. The van der Waals surface area contributed by atoms with Gasteiger partial charge in [0.1, 0.15) is 17.2 Å². The van der Waals surface area contributed by atoms with Gasteiger partial charge in [-0.25, -0.2) is 4.79 Å². The molecule has 3 rings (SSSR count). The Hall–Kier alpha value is -3.22. The van der Waals surface area contributed by atoms with Crippen LogP contribution in [0.5, 0.6) is 17.2 Å². The van der Waals surface area contributed by atoms with Gasteiger partial charge in [-0.3, -0.25) is 4.79 Å². The van der Waals surface area contributed by atoms with Gasteiger partial charge in [0.2, 0.25) is 5.91 Å². The number of benzene rings is 2. The molecule has 1 fully saturated rings. The topological polar surface area (TPSA) is 85.3 Å². The number of carbonyl (C=O) groups is 2. The molecule has 1 amide bonds. The summed E-state index contributed by atoms with van der Waals surface area (Å²) in [5, 5.41) is 9.30. The van der Waals surface area contributed by atoms with Crippen LogP contribution >= 0.6 is 0 Å². The molecule has 33 heavy (non-hydrogen) atoms. The van der Waals surface area contributed by atoms with Crippen molar-refractivity contribution in [1.29, 1.82) is 0 Å². The van der Waals surface area contributed by atoms with E-state index in [1.54, 1.807) is 57.7 Å². The lowest BCUT2D eigenvalue weighted by molar-refractivity contribution is -0.134. The maximum atomic E-state index is 13.5. The minimum absolute atomic E-state index is 0.0561. The monoisotopic (exact) mass is 455 g/mol. The van der Waals surface area contributed by atoms with Crippen LogP contribution in [0.15, 0.2) is 36.4 Å². The molecule has 0 bridgehead atoms. The Labute approximate surface area is 195 Å². The number of hydrogen-bond acceptors (Lipinski definition) is 5. The summed E-state index contributed by atoms with van der Waals surface area (Å²) in [5.41, 5.74) is 1.74. The molecule has 0 aliphatic carbocycles. The van der Waals surface area contributed by atoms with E-state index in [1.165, 1.54) is 0 Å². The quantitative estimate of drug-likeness (QED) is 0.634. The summed E-state index contributed by atoms with van der Waals surface area (Å²) in [6.07, 6.45) is 1.33. The fourth-order valence-electron chi connectivity index (χ4n) is 4.79. The maximum Gasteiger partial charge on any atom is 0.335 e. The Bertz CT molecular complexity index is 952. The second-order valence-corrected chi connectivity index (χ2v) is 8.87. The lowest BCUT2D eigenvalue weighted by Crippen LogP contribution is -2.43. The van der Waals surface area contributed by atoms with Crippen LogP contribution in [0.1, 0.15) is 54.1 Å². The van der Waals surface area contributed by atoms with Crippen molar-refractivity contribution in [3.8, 4) is 17.2 Å². The van der Waals surface area contributed by atoms with Crippen LogP contribution in [0.2, 0.25) is 0 Å². The molecular formula is C26H33NO6. The fraction of sp³-hybridized carbons (Fsp3) is 0.462. The number of hydrogen-bond donors (Lipinski definition) is 1. The predicted octanol–water partition coefficient (Wildman–Crippen LogP) is 4.44. The van der Waals surface area contributed by atoms with Gasteiger partial charge < -0.3 is 24.2 Å². The third-order valence-corrected chi connectivity index (χ3v) is 6.26. The normalized spacial score (nSPS) is 19.0. The Morgan fingerprint density at radius 2 is 1.52 bits per heavy atom. The summed E-state index contributed by atoms with van der Waals surface area (Å²) < 4.78 is 16.7. The Kier molecular flexibility index (Phi) is 7.84. The zero-order chi connectivity index (χ0) is 24.1. The lowest BCUT2D eigenvalue weighted by Gasteiger charge is -2.36. The highest BCUT2D eigenvalue weighted by Gasteiger charge is 2.31. The summed E-state index contributed by atoms with van der Waals surface area (Å²) in [4.78, 5) is 26.8. The maximum absolute atomic E-state index is 13.5. The Morgan fingerprint density at radius 3 is 1.97 bits per heavy atom. The first-order valence-corrected chi connectivity index (χ1v) is 11.2. The first-order valence-electron chi connectivity index (χ1n) is 11.2. The SMILES string of the molecule is COc1cc(OC)c(C(CC(=O)N2CC(C)C[C@H](C)C2)c2ccc(C(=O)O)cc2)c(OC)c1. The molecule has 2 unspecified atom stereocenters. The molecule has 7 nitrogen and oxygen atoms in total. The van der Waals surface area contributed by atoms with E-state index in [1.807, 2.05) is 4.90 Å². The number of aromatic carboxylic acids is 1. The average molecular weight is 456 g/mol. The number of likely N-dealkylation sites (tertiary alicyclic amines) is 1. The minimum atomic E-state index is -0.995. The van der Waals surface area contributed by atoms with Gasteiger partial charge in [0.05, 0.1) is 26.9 Å². The van der Waals surface area contributed by atoms with E-state index in [0.717, 1.165) is 30.6 Å². The molecule has 1 aliphatic rings. The second-order valence-electron chi connectivity index (χ2n) is 8.87. The van der Waals surface area contributed by atoms with Gasteiger partial charge in [-0.15, -0.1) is 0 Å². The zero-order valence-corrected chi connectivity index (χ0v) is 20.0. The molecule has 0 aromatic heterocycles. The summed E-state index contributed by atoms with van der Waals surface area (Å²) >= 11 is 0. The summed E-state index contributed by atoms with van der Waals surface area (Å²) in [5.74, 6) is 1.26. The molecule has 1 heterocycles. The first kappa shape index (κ1) is 24.4. The Balaban J connectivity index is 2.06. The highest BCUT2D eigenvalue weighted by atomic mass is 16.5. The highest BCUT2D eigenvalue weighted by molar-refractivity contribution is 5.87. The molecule has 1 N–H and O–H groups in total. The van der Waals surface area contributed by atoms with E-state index in [-0.39, 0.29) is 23.8 Å². The predicted molar refractivity (Wildman–Crippen MR) is 125 cm³/mol. The van der Waals surface area contributed by atoms with Crippen LogP contribution < -0.4 is 14.2 Å². The van der Waals surface area contributed by atoms with Crippen LogP contribution in [0.4, 0.5) is 0 Å². The molecule has 2 aromatic rings. The highest BCUT2D eigenvalue weighted by Crippen LogP contribution is 2.44. The van der Waals surface area contributed by atoms with Crippen molar-refractivity contribution in [2.24, 2.45) is 11.8 Å². The molecule has 0 spiro atoms. The number of rotatable bonds is 8. The van der Waals surface area contributed by atoms with Crippen molar-refractivity contribution in [2.75, 3.05) is 34.4 Å². The molecule has 2 aromatic carbocycles. The van der Waals surface area contributed by atoms with Crippen LogP contribution in [0, 0.1) is 11.8 Å². The number of carboxylic acids is 1. The van der Waals surface area contributed by atoms with Crippen molar-refractivity contribution >= 4 is 11.9 Å². The molecule has 1 saturated heterocycles. The number of carbonyl (C=O) groups excluding carboxylic acids is 1. The van der Waals surface area contributed by atoms with Gasteiger partial charge in [-0.1, -0.05) is 26.0 Å². The van der Waals surface area contributed by atoms with E-state index in [4.69, 9.17) is 14.2 Å². The van der Waals surface area contributed by atoms with E-state index in [9.17, 15) is 14.7 Å². The standard InChI is InChI=1S/C26H33NO6/c1-16-10-17(2)15-27(14-16)24(28)13-21(18-6-8-19(9-7-18)26(29)30)25-22(32-4)11-20(31-3)12-23(25)33-5/h6-9,11-12,16-17,21H,10,13-15H2,1-5H3,(H,29,30)/t16-,17?,21?/m0/s1. The molecule has 7 heteroatoms. The summed E-state index contributed by atoms with van der Waals surface area (Å²) in [7, 11) is 4.70. The lowest BCUT2D eigenvalue weighted by atomic mass is 9.85.